The van der Waals surface area contributed by atoms with Gasteiger partial charge in [-0.15, -0.1) is 0 Å². The zero-order valence-electron chi connectivity index (χ0n) is 18.2. The number of phenols is 1. The molecule has 1 aliphatic heterocycles. The summed E-state index contributed by atoms with van der Waals surface area (Å²) in [6.45, 7) is 0. The number of benzene rings is 3. The molecule has 6 nitrogen and oxygen atoms in total. The Bertz CT molecular complexity index is 1050. The summed E-state index contributed by atoms with van der Waals surface area (Å²) in [5, 5.41) is 19.0. The average Bonchev–Trinajstić information content (AvgIpc) is 3.22. The van der Waals surface area contributed by atoms with Crippen molar-refractivity contribution in [2.75, 3.05) is 17.7 Å². The molecule has 0 bridgehead atoms. The highest BCUT2D eigenvalue weighted by Gasteiger charge is 2.24. The zero-order chi connectivity index (χ0) is 22.3. The van der Waals surface area contributed by atoms with Crippen molar-refractivity contribution in [2.45, 2.75) is 37.8 Å². The maximum atomic E-state index is 12.3. The van der Waals surface area contributed by atoms with Gasteiger partial charge in [-0.05, 0) is 73.2 Å². The first-order valence-corrected chi connectivity index (χ1v) is 10.9. The van der Waals surface area contributed by atoms with Gasteiger partial charge in [0.1, 0.15) is 11.5 Å². The number of aromatic hydroxyl groups is 1. The molecule has 2 amide bonds. The molecule has 3 aromatic rings. The van der Waals surface area contributed by atoms with E-state index < -0.39 is 0 Å². The Balaban J connectivity index is 1.25. The average molecular weight is 432 g/mol. The highest BCUT2D eigenvalue weighted by atomic mass is 16.5. The molecule has 1 aliphatic rings. The number of ether oxygens (including phenoxy) is 1. The van der Waals surface area contributed by atoms with E-state index in [1.807, 2.05) is 42.5 Å². The summed E-state index contributed by atoms with van der Waals surface area (Å²) in [7, 11) is 1.59. The molecule has 166 valence electrons. The number of carbonyl (C=O) groups is 1. The molecule has 2 atom stereocenters. The predicted molar refractivity (Wildman–Crippen MR) is 128 cm³/mol. The Kier molecular flexibility index (Phi) is 6.92. The minimum atomic E-state index is -0.293. The van der Waals surface area contributed by atoms with Crippen molar-refractivity contribution < 1.29 is 14.6 Å². The number of rotatable bonds is 7. The van der Waals surface area contributed by atoms with Crippen LogP contribution in [-0.2, 0) is 12.8 Å². The third-order valence-corrected chi connectivity index (χ3v) is 5.75. The maximum Gasteiger partial charge on any atom is 0.323 e. The van der Waals surface area contributed by atoms with Gasteiger partial charge in [0.25, 0.3) is 0 Å². The molecule has 0 aliphatic carbocycles. The summed E-state index contributed by atoms with van der Waals surface area (Å²) in [4.78, 5) is 12.3. The van der Waals surface area contributed by atoms with E-state index in [1.54, 1.807) is 19.2 Å². The third-order valence-electron chi connectivity index (χ3n) is 5.75. The molecule has 1 heterocycles. The van der Waals surface area contributed by atoms with E-state index in [1.165, 1.54) is 5.56 Å². The van der Waals surface area contributed by atoms with Gasteiger partial charge in [0.05, 0.1) is 7.11 Å². The van der Waals surface area contributed by atoms with Gasteiger partial charge < -0.3 is 25.8 Å². The lowest BCUT2D eigenvalue weighted by atomic mass is 10.0. The first-order chi connectivity index (χ1) is 15.6. The number of urea groups is 1. The lowest BCUT2D eigenvalue weighted by Gasteiger charge is -2.15. The van der Waals surface area contributed by atoms with Crippen molar-refractivity contribution in [3.05, 3.63) is 83.9 Å². The Morgan fingerprint density at radius 2 is 1.59 bits per heavy atom. The molecular formula is C26H29N3O3. The molecule has 0 spiro atoms. The van der Waals surface area contributed by atoms with E-state index >= 15 is 0 Å². The summed E-state index contributed by atoms with van der Waals surface area (Å²) in [5.74, 6) is 1.01. The van der Waals surface area contributed by atoms with Crippen LogP contribution in [0.15, 0.2) is 72.8 Å². The second kappa shape index (κ2) is 10.2. The lowest BCUT2D eigenvalue weighted by molar-refractivity contribution is 0.262. The van der Waals surface area contributed by atoms with Crippen LogP contribution >= 0.6 is 0 Å². The first kappa shape index (κ1) is 21.7. The van der Waals surface area contributed by atoms with Crippen LogP contribution in [0.3, 0.4) is 0 Å². The monoisotopic (exact) mass is 431 g/mol. The van der Waals surface area contributed by atoms with Crippen LogP contribution in [0.4, 0.5) is 16.2 Å². The lowest BCUT2D eigenvalue weighted by Crippen LogP contribution is -2.32. The molecule has 3 aromatic carbocycles. The van der Waals surface area contributed by atoms with Crippen molar-refractivity contribution in [1.29, 1.82) is 0 Å². The third kappa shape index (κ3) is 6.02. The standard InChI is InChI=1S/C26H29N3O3/c1-32-25-7-3-5-21(17-25)29-26(31)28-20-10-8-18(9-11-20)14-22-12-13-23(27-22)15-19-4-2-6-24(30)16-19/h2-11,16-17,22-23,27,30H,12-15H2,1H3,(H2,28,29,31)/t22-,23+/m0/s1. The van der Waals surface area contributed by atoms with E-state index in [0.29, 0.717) is 29.3 Å². The van der Waals surface area contributed by atoms with Crippen LogP contribution in [0.1, 0.15) is 24.0 Å². The van der Waals surface area contributed by atoms with Gasteiger partial charge in [0.15, 0.2) is 0 Å². The Labute approximate surface area is 188 Å². The van der Waals surface area contributed by atoms with E-state index in [9.17, 15) is 9.90 Å². The fourth-order valence-electron chi connectivity index (χ4n) is 4.20. The van der Waals surface area contributed by atoms with Crippen LogP contribution in [0.2, 0.25) is 0 Å². The van der Waals surface area contributed by atoms with E-state index in [4.69, 9.17) is 4.74 Å². The number of carbonyl (C=O) groups excluding carboxylic acids is 1. The Morgan fingerprint density at radius 1 is 0.906 bits per heavy atom. The van der Waals surface area contributed by atoms with Gasteiger partial charge in [-0.2, -0.15) is 0 Å². The molecule has 32 heavy (non-hydrogen) atoms. The second-order valence-corrected chi connectivity index (χ2v) is 8.22. The summed E-state index contributed by atoms with van der Waals surface area (Å²) >= 11 is 0. The number of phenolic OH excluding ortho intramolecular Hbond substituents is 1. The highest BCUT2D eigenvalue weighted by Crippen LogP contribution is 2.22. The molecule has 0 radical (unpaired) electrons. The van der Waals surface area contributed by atoms with E-state index in [-0.39, 0.29) is 6.03 Å². The number of methoxy groups -OCH3 is 1. The molecular weight excluding hydrogens is 402 g/mol. The van der Waals surface area contributed by atoms with E-state index in [2.05, 4.69) is 34.1 Å². The molecule has 4 rings (SSSR count). The van der Waals surface area contributed by atoms with Gasteiger partial charge in [-0.3, -0.25) is 0 Å². The van der Waals surface area contributed by atoms with Gasteiger partial charge in [0, 0.05) is 29.5 Å². The van der Waals surface area contributed by atoms with Crippen molar-refractivity contribution in [3.8, 4) is 11.5 Å². The van der Waals surface area contributed by atoms with Crippen LogP contribution in [0, 0.1) is 0 Å². The van der Waals surface area contributed by atoms with Gasteiger partial charge in [0.2, 0.25) is 0 Å². The summed E-state index contributed by atoms with van der Waals surface area (Å²) in [6.07, 6.45) is 4.14. The largest absolute Gasteiger partial charge is 0.508 e. The molecule has 0 aromatic heterocycles. The quantitative estimate of drug-likeness (QED) is 0.427. The number of amides is 2. The highest BCUT2D eigenvalue weighted by molar-refractivity contribution is 5.99. The number of hydrogen-bond donors (Lipinski definition) is 4. The molecule has 4 N–H and O–H groups in total. The fraction of sp³-hybridized carbons (Fsp3) is 0.269. The van der Waals surface area contributed by atoms with Crippen LogP contribution < -0.4 is 20.7 Å². The van der Waals surface area contributed by atoms with E-state index in [0.717, 1.165) is 36.9 Å². The second-order valence-electron chi connectivity index (χ2n) is 8.22. The van der Waals surface area contributed by atoms with Crippen molar-refractivity contribution >= 4 is 17.4 Å². The van der Waals surface area contributed by atoms with Gasteiger partial charge >= 0.3 is 6.03 Å². The predicted octanol–water partition coefficient (Wildman–Crippen LogP) is 4.95. The minimum Gasteiger partial charge on any atom is -0.508 e. The number of nitrogens with one attached hydrogen (secondary N) is 3. The van der Waals surface area contributed by atoms with Crippen molar-refractivity contribution in [1.82, 2.24) is 5.32 Å². The Hall–Kier alpha value is -3.51. The number of anilines is 2. The van der Waals surface area contributed by atoms with Gasteiger partial charge in [-0.25, -0.2) is 4.79 Å². The smallest absolute Gasteiger partial charge is 0.323 e. The SMILES string of the molecule is COc1cccc(NC(=O)Nc2ccc(C[C@@H]3CC[C@H](Cc4cccc(O)c4)N3)cc2)c1. The molecule has 0 unspecified atom stereocenters. The first-order valence-electron chi connectivity index (χ1n) is 10.9. The van der Waals surface area contributed by atoms with Crippen LogP contribution in [-0.4, -0.2) is 30.3 Å². The summed E-state index contributed by atoms with van der Waals surface area (Å²) in [5.41, 5.74) is 3.81. The molecule has 1 fully saturated rings. The van der Waals surface area contributed by atoms with Crippen molar-refractivity contribution in [3.63, 3.8) is 0 Å². The van der Waals surface area contributed by atoms with Crippen molar-refractivity contribution in [2.24, 2.45) is 0 Å². The zero-order valence-corrected chi connectivity index (χ0v) is 18.2. The van der Waals surface area contributed by atoms with Crippen LogP contribution in [0.5, 0.6) is 11.5 Å². The maximum absolute atomic E-state index is 12.3. The molecule has 0 saturated carbocycles. The summed E-state index contributed by atoms with van der Waals surface area (Å²) in [6, 6.07) is 23.3. The topological polar surface area (TPSA) is 82.6 Å². The fourth-order valence-corrected chi connectivity index (χ4v) is 4.20. The molecule has 6 heteroatoms. The molecule has 1 saturated heterocycles. The minimum absolute atomic E-state index is 0.293. The summed E-state index contributed by atoms with van der Waals surface area (Å²) < 4.78 is 5.18. The van der Waals surface area contributed by atoms with Gasteiger partial charge in [-0.1, -0.05) is 30.3 Å². The number of hydrogen-bond acceptors (Lipinski definition) is 4. The van der Waals surface area contributed by atoms with Crippen LogP contribution in [0.25, 0.3) is 0 Å². The normalized spacial score (nSPS) is 17.7. The Morgan fingerprint density at radius 3 is 2.31 bits per heavy atom.